The van der Waals surface area contributed by atoms with Crippen molar-refractivity contribution in [3.8, 4) is 28.1 Å². The fraction of sp³-hybridized carbons (Fsp3) is 0.429. The molecule has 0 spiro atoms. The molecule has 0 radical (unpaired) electrons. The van der Waals surface area contributed by atoms with Gasteiger partial charge in [-0.1, -0.05) is 42.5 Å². The number of rotatable bonds is 11. The molecule has 4 rings (SSSR count). The van der Waals surface area contributed by atoms with Gasteiger partial charge in [0, 0.05) is 23.4 Å². The normalized spacial score (nSPS) is 18.0. The van der Waals surface area contributed by atoms with Crippen molar-refractivity contribution >= 4 is 17.7 Å². The summed E-state index contributed by atoms with van der Waals surface area (Å²) in [5.74, 6) is 1.31. The minimum absolute atomic E-state index is 0.216. The van der Waals surface area contributed by atoms with Crippen molar-refractivity contribution < 1.29 is 19.7 Å². The molecule has 0 saturated heterocycles. The lowest BCUT2D eigenvalue weighted by molar-refractivity contribution is -0.142. The highest BCUT2D eigenvalue weighted by atomic mass is 32.2. The maximum Gasteiger partial charge on any atom is 0.329 e. The van der Waals surface area contributed by atoms with Gasteiger partial charge in [0.05, 0.1) is 6.61 Å². The first kappa shape index (κ1) is 25.3. The second-order valence-electron chi connectivity index (χ2n) is 9.31. The molecule has 1 saturated carbocycles. The van der Waals surface area contributed by atoms with Crippen LogP contribution in [0.4, 0.5) is 0 Å². The lowest BCUT2D eigenvalue weighted by Crippen LogP contribution is -2.24. The molecule has 7 heteroatoms. The SMILES string of the molecule is CSCCc1c(-c2cccc(O)c2)c(-c2ccccc2)nn1C[C@H]1CC[C@@H](COCC(=O)O)CC1. The van der Waals surface area contributed by atoms with Gasteiger partial charge in [-0.15, -0.1) is 0 Å². The van der Waals surface area contributed by atoms with Gasteiger partial charge in [0.15, 0.2) is 0 Å². The number of carbonyl (C=O) groups is 1. The molecule has 2 aromatic carbocycles. The molecular formula is C28H34N2O4S. The first-order valence-electron chi connectivity index (χ1n) is 12.3. The van der Waals surface area contributed by atoms with E-state index in [1.54, 1.807) is 6.07 Å². The van der Waals surface area contributed by atoms with Crippen molar-refractivity contribution in [3.63, 3.8) is 0 Å². The number of hydrogen-bond acceptors (Lipinski definition) is 5. The zero-order valence-corrected chi connectivity index (χ0v) is 21.0. The lowest BCUT2D eigenvalue weighted by atomic mass is 9.82. The fourth-order valence-corrected chi connectivity index (χ4v) is 5.40. The molecule has 2 N–H and O–H groups in total. The van der Waals surface area contributed by atoms with E-state index >= 15 is 0 Å². The van der Waals surface area contributed by atoms with Crippen molar-refractivity contribution in [2.75, 3.05) is 25.2 Å². The highest BCUT2D eigenvalue weighted by Gasteiger charge is 2.26. The molecule has 1 aliphatic rings. The van der Waals surface area contributed by atoms with E-state index in [9.17, 15) is 9.90 Å². The number of hydrogen-bond donors (Lipinski definition) is 2. The van der Waals surface area contributed by atoms with Gasteiger partial charge in [-0.3, -0.25) is 4.68 Å². The van der Waals surface area contributed by atoms with Crippen LogP contribution in [0.3, 0.4) is 0 Å². The topological polar surface area (TPSA) is 84.6 Å². The first-order chi connectivity index (χ1) is 17.0. The minimum atomic E-state index is -0.910. The van der Waals surface area contributed by atoms with E-state index in [0.717, 1.165) is 66.8 Å². The van der Waals surface area contributed by atoms with Gasteiger partial charge in [-0.05, 0) is 73.6 Å². The van der Waals surface area contributed by atoms with Crippen LogP contribution in [0.1, 0.15) is 31.4 Å². The molecule has 1 fully saturated rings. The van der Waals surface area contributed by atoms with Gasteiger partial charge in [-0.2, -0.15) is 16.9 Å². The Morgan fingerprint density at radius 3 is 2.46 bits per heavy atom. The van der Waals surface area contributed by atoms with Crippen LogP contribution in [-0.4, -0.2) is 51.2 Å². The number of carboxylic acids is 1. The Bertz CT molecular complexity index is 1110. The van der Waals surface area contributed by atoms with Crippen molar-refractivity contribution in [1.29, 1.82) is 0 Å². The fourth-order valence-electron chi connectivity index (χ4n) is 5.00. The Morgan fingerprint density at radius 1 is 1.06 bits per heavy atom. The summed E-state index contributed by atoms with van der Waals surface area (Å²) in [5, 5.41) is 24.2. The molecule has 1 aliphatic carbocycles. The van der Waals surface area contributed by atoms with Gasteiger partial charge >= 0.3 is 5.97 Å². The number of phenols is 1. The van der Waals surface area contributed by atoms with Crippen LogP contribution < -0.4 is 0 Å². The monoisotopic (exact) mass is 494 g/mol. The summed E-state index contributed by atoms with van der Waals surface area (Å²) in [5.41, 5.74) is 5.36. The number of ether oxygens (including phenoxy) is 1. The number of aliphatic carboxylic acids is 1. The van der Waals surface area contributed by atoms with Crippen LogP contribution in [0.2, 0.25) is 0 Å². The van der Waals surface area contributed by atoms with Gasteiger partial charge < -0.3 is 14.9 Å². The van der Waals surface area contributed by atoms with Crippen LogP contribution in [0, 0.1) is 11.8 Å². The number of nitrogens with zero attached hydrogens (tertiary/aromatic N) is 2. The van der Waals surface area contributed by atoms with Crippen molar-refractivity contribution in [2.24, 2.45) is 11.8 Å². The second kappa shape index (κ2) is 12.3. The van der Waals surface area contributed by atoms with Crippen LogP contribution in [0.5, 0.6) is 5.75 Å². The van der Waals surface area contributed by atoms with Crippen LogP contribution in [-0.2, 0) is 22.5 Å². The highest BCUT2D eigenvalue weighted by Crippen LogP contribution is 2.38. The Hall–Kier alpha value is -2.77. The Morgan fingerprint density at radius 2 is 1.77 bits per heavy atom. The predicted molar refractivity (Wildman–Crippen MR) is 141 cm³/mol. The number of aromatic nitrogens is 2. The van der Waals surface area contributed by atoms with Crippen molar-refractivity contribution in [2.45, 2.75) is 38.6 Å². The lowest BCUT2D eigenvalue weighted by Gasteiger charge is -2.28. The molecule has 3 aromatic rings. The summed E-state index contributed by atoms with van der Waals surface area (Å²) < 4.78 is 7.55. The highest BCUT2D eigenvalue weighted by molar-refractivity contribution is 7.98. The molecule has 0 unspecified atom stereocenters. The summed E-state index contributed by atoms with van der Waals surface area (Å²) in [6.45, 7) is 1.18. The van der Waals surface area contributed by atoms with E-state index in [1.807, 2.05) is 42.1 Å². The van der Waals surface area contributed by atoms with Crippen LogP contribution in [0.15, 0.2) is 54.6 Å². The average molecular weight is 495 g/mol. The Labute approximate surface area is 211 Å². The third-order valence-corrected chi connectivity index (χ3v) is 7.37. The smallest absolute Gasteiger partial charge is 0.329 e. The first-order valence-corrected chi connectivity index (χ1v) is 13.7. The molecule has 0 bridgehead atoms. The summed E-state index contributed by atoms with van der Waals surface area (Å²) in [6.07, 6.45) is 7.31. The molecule has 0 aliphatic heterocycles. The number of aromatic hydroxyl groups is 1. The van der Waals surface area contributed by atoms with E-state index in [1.165, 1.54) is 5.69 Å². The van der Waals surface area contributed by atoms with E-state index < -0.39 is 5.97 Å². The van der Waals surface area contributed by atoms with Gasteiger partial charge in [-0.25, -0.2) is 4.79 Å². The quantitative estimate of drug-likeness (QED) is 0.354. The largest absolute Gasteiger partial charge is 0.508 e. The number of phenolic OH excluding ortho intramolecular Hbond substituents is 1. The zero-order valence-electron chi connectivity index (χ0n) is 20.2. The maximum absolute atomic E-state index is 10.7. The van der Waals surface area contributed by atoms with Crippen LogP contribution in [0.25, 0.3) is 22.4 Å². The summed E-state index contributed by atoms with van der Waals surface area (Å²) in [6, 6.07) is 17.8. The molecular weight excluding hydrogens is 460 g/mol. The van der Waals surface area contributed by atoms with Gasteiger partial charge in [0.25, 0.3) is 0 Å². The number of thioether (sulfide) groups is 1. The second-order valence-corrected chi connectivity index (χ2v) is 10.3. The Balaban J connectivity index is 1.60. The zero-order chi connectivity index (χ0) is 24.6. The molecule has 6 nitrogen and oxygen atoms in total. The van der Waals surface area contributed by atoms with E-state index in [4.69, 9.17) is 14.9 Å². The van der Waals surface area contributed by atoms with Crippen molar-refractivity contribution in [1.82, 2.24) is 9.78 Å². The molecule has 186 valence electrons. The average Bonchev–Trinajstić information content (AvgIpc) is 3.22. The Kier molecular flexibility index (Phi) is 8.88. The predicted octanol–water partition coefficient (Wildman–Crippen LogP) is 5.74. The number of benzene rings is 2. The molecule has 1 heterocycles. The number of carboxylic acid groups (broad SMARTS) is 1. The summed E-state index contributed by atoms with van der Waals surface area (Å²) in [7, 11) is 0. The van der Waals surface area contributed by atoms with E-state index in [-0.39, 0.29) is 12.4 Å². The molecule has 35 heavy (non-hydrogen) atoms. The summed E-state index contributed by atoms with van der Waals surface area (Å²) in [4.78, 5) is 10.7. The van der Waals surface area contributed by atoms with Crippen molar-refractivity contribution in [3.05, 3.63) is 60.3 Å². The third-order valence-electron chi connectivity index (χ3n) is 6.76. The third kappa shape index (κ3) is 6.67. The molecule has 1 aromatic heterocycles. The summed E-state index contributed by atoms with van der Waals surface area (Å²) >= 11 is 1.83. The van der Waals surface area contributed by atoms with Crippen LogP contribution >= 0.6 is 11.8 Å². The molecule has 0 atom stereocenters. The van der Waals surface area contributed by atoms with Gasteiger partial charge in [0.2, 0.25) is 0 Å². The maximum atomic E-state index is 10.7. The minimum Gasteiger partial charge on any atom is -0.508 e. The molecule has 0 amide bonds. The van der Waals surface area contributed by atoms with E-state index in [0.29, 0.717) is 18.4 Å². The van der Waals surface area contributed by atoms with Gasteiger partial charge in [0.1, 0.15) is 18.1 Å². The standard InChI is InChI=1S/C28H34N2O4S/c1-35-15-14-25-27(23-8-5-9-24(31)16-23)28(22-6-3-2-4-7-22)29-30(25)17-20-10-12-21(13-11-20)18-34-19-26(32)33/h2-9,16,20-21,31H,10-15,17-19H2,1H3,(H,32,33)/t20-,21+. The van der Waals surface area contributed by atoms with E-state index in [2.05, 4.69) is 29.1 Å².